The summed E-state index contributed by atoms with van der Waals surface area (Å²) >= 11 is 0. The SMILES string of the molecule is CC(C)C(NC(=O)Nc1ccccc1)C(=O)N1CCC(NC(=O)c2cccnc2)CC1. The number of likely N-dealkylation sites (tertiary alicyclic amines) is 1. The third-order valence-corrected chi connectivity index (χ3v) is 5.32. The van der Waals surface area contributed by atoms with Crippen LogP contribution in [0.3, 0.4) is 0 Å². The van der Waals surface area contributed by atoms with E-state index < -0.39 is 12.1 Å². The number of anilines is 1. The molecule has 2 aromatic rings. The molecule has 4 amide bonds. The van der Waals surface area contributed by atoms with Crippen LogP contribution >= 0.6 is 0 Å². The monoisotopic (exact) mass is 423 g/mol. The van der Waals surface area contributed by atoms with Crippen molar-refractivity contribution in [1.82, 2.24) is 20.5 Å². The van der Waals surface area contributed by atoms with E-state index in [1.54, 1.807) is 35.4 Å². The fraction of sp³-hybridized carbons (Fsp3) is 0.391. The molecule has 0 bridgehead atoms. The number of urea groups is 1. The van der Waals surface area contributed by atoms with Crippen LogP contribution in [0, 0.1) is 5.92 Å². The van der Waals surface area contributed by atoms with E-state index in [0.717, 1.165) is 0 Å². The van der Waals surface area contributed by atoms with Gasteiger partial charge in [0.1, 0.15) is 6.04 Å². The Morgan fingerprint density at radius 1 is 1.03 bits per heavy atom. The summed E-state index contributed by atoms with van der Waals surface area (Å²) in [4.78, 5) is 43.5. The number of carbonyl (C=O) groups excluding carboxylic acids is 3. The zero-order valence-electron chi connectivity index (χ0n) is 17.9. The highest BCUT2D eigenvalue weighted by Crippen LogP contribution is 2.15. The molecular weight excluding hydrogens is 394 g/mol. The summed E-state index contributed by atoms with van der Waals surface area (Å²) < 4.78 is 0. The van der Waals surface area contributed by atoms with Gasteiger partial charge in [-0.1, -0.05) is 32.0 Å². The topological polar surface area (TPSA) is 103 Å². The molecule has 1 saturated heterocycles. The van der Waals surface area contributed by atoms with E-state index >= 15 is 0 Å². The minimum Gasteiger partial charge on any atom is -0.349 e. The number of carbonyl (C=O) groups is 3. The number of rotatable bonds is 6. The average Bonchev–Trinajstić information content (AvgIpc) is 2.78. The van der Waals surface area contributed by atoms with E-state index in [1.165, 1.54) is 6.20 Å². The van der Waals surface area contributed by atoms with Gasteiger partial charge < -0.3 is 20.9 Å². The van der Waals surface area contributed by atoms with Crippen LogP contribution in [0.1, 0.15) is 37.0 Å². The summed E-state index contributed by atoms with van der Waals surface area (Å²) in [5, 5.41) is 8.57. The second-order valence-corrected chi connectivity index (χ2v) is 8.00. The van der Waals surface area contributed by atoms with Gasteiger partial charge in [-0.2, -0.15) is 0 Å². The van der Waals surface area contributed by atoms with Gasteiger partial charge in [-0.15, -0.1) is 0 Å². The fourth-order valence-electron chi connectivity index (χ4n) is 3.55. The van der Waals surface area contributed by atoms with Gasteiger partial charge in [-0.25, -0.2) is 4.79 Å². The lowest BCUT2D eigenvalue weighted by Crippen LogP contribution is -2.55. The summed E-state index contributed by atoms with van der Waals surface area (Å²) in [5.41, 5.74) is 1.19. The van der Waals surface area contributed by atoms with Gasteiger partial charge in [-0.3, -0.25) is 14.6 Å². The molecule has 1 unspecified atom stereocenters. The van der Waals surface area contributed by atoms with Gasteiger partial charge in [0.15, 0.2) is 0 Å². The van der Waals surface area contributed by atoms with Crippen molar-refractivity contribution < 1.29 is 14.4 Å². The van der Waals surface area contributed by atoms with E-state index in [1.807, 2.05) is 32.0 Å². The maximum Gasteiger partial charge on any atom is 0.319 e. The number of hydrogen-bond acceptors (Lipinski definition) is 4. The summed E-state index contributed by atoms with van der Waals surface area (Å²) in [6.45, 7) is 4.88. The number of amides is 4. The molecule has 2 heterocycles. The first-order valence-corrected chi connectivity index (χ1v) is 10.6. The maximum absolute atomic E-state index is 13.1. The molecule has 8 heteroatoms. The summed E-state index contributed by atoms with van der Waals surface area (Å²) in [5.74, 6) is -0.315. The fourth-order valence-corrected chi connectivity index (χ4v) is 3.55. The highest BCUT2D eigenvalue weighted by Gasteiger charge is 2.31. The van der Waals surface area contributed by atoms with Crippen LogP contribution in [0.4, 0.5) is 10.5 Å². The van der Waals surface area contributed by atoms with Gasteiger partial charge in [0.25, 0.3) is 5.91 Å². The first kappa shape index (κ1) is 22.3. The highest BCUT2D eigenvalue weighted by molar-refractivity contribution is 5.94. The van der Waals surface area contributed by atoms with Crippen molar-refractivity contribution in [3.05, 3.63) is 60.4 Å². The minimum atomic E-state index is -0.620. The predicted molar refractivity (Wildman–Crippen MR) is 119 cm³/mol. The Hall–Kier alpha value is -3.42. The maximum atomic E-state index is 13.1. The molecule has 0 saturated carbocycles. The van der Waals surface area contributed by atoms with Crippen LogP contribution in [-0.2, 0) is 4.79 Å². The van der Waals surface area contributed by atoms with Gasteiger partial charge in [0.05, 0.1) is 5.56 Å². The minimum absolute atomic E-state index is 0.00333. The zero-order chi connectivity index (χ0) is 22.2. The van der Waals surface area contributed by atoms with Crippen molar-refractivity contribution in [1.29, 1.82) is 0 Å². The normalized spacial score (nSPS) is 15.3. The number of nitrogens with zero attached hydrogens (tertiary/aromatic N) is 2. The zero-order valence-corrected chi connectivity index (χ0v) is 17.9. The molecule has 0 radical (unpaired) electrons. The Morgan fingerprint density at radius 3 is 2.35 bits per heavy atom. The molecule has 3 rings (SSSR count). The lowest BCUT2D eigenvalue weighted by molar-refractivity contribution is -0.135. The smallest absolute Gasteiger partial charge is 0.319 e. The molecule has 3 N–H and O–H groups in total. The van der Waals surface area contributed by atoms with Crippen molar-refractivity contribution in [3.63, 3.8) is 0 Å². The number of para-hydroxylation sites is 1. The van der Waals surface area contributed by atoms with Crippen LogP contribution in [0.5, 0.6) is 0 Å². The molecule has 1 fully saturated rings. The molecule has 31 heavy (non-hydrogen) atoms. The van der Waals surface area contributed by atoms with Crippen molar-refractivity contribution >= 4 is 23.5 Å². The van der Waals surface area contributed by atoms with Crippen LogP contribution < -0.4 is 16.0 Å². The van der Waals surface area contributed by atoms with Gasteiger partial charge in [-0.05, 0) is 43.0 Å². The number of piperidine rings is 1. The first-order valence-electron chi connectivity index (χ1n) is 10.6. The third kappa shape index (κ3) is 6.28. The number of hydrogen-bond donors (Lipinski definition) is 3. The Balaban J connectivity index is 1.51. The molecule has 1 aliphatic heterocycles. The first-order chi connectivity index (χ1) is 14.9. The molecule has 1 aromatic carbocycles. The Kier molecular flexibility index (Phi) is 7.59. The average molecular weight is 424 g/mol. The van der Waals surface area contributed by atoms with Crippen LogP contribution in [0.25, 0.3) is 0 Å². The molecule has 8 nitrogen and oxygen atoms in total. The number of benzene rings is 1. The van der Waals surface area contributed by atoms with Crippen molar-refractivity contribution in [2.24, 2.45) is 5.92 Å². The predicted octanol–water partition coefficient (Wildman–Crippen LogP) is 2.65. The summed E-state index contributed by atoms with van der Waals surface area (Å²) in [7, 11) is 0. The van der Waals surface area contributed by atoms with E-state index in [4.69, 9.17) is 0 Å². The van der Waals surface area contributed by atoms with E-state index in [-0.39, 0.29) is 23.8 Å². The summed E-state index contributed by atoms with van der Waals surface area (Å²) in [6, 6.07) is 11.5. The quantitative estimate of drug-likeness (QED) is 0.664. The Labute approximate surface area is 182 Å². The molecule has 1 aromatic heterocycles. The van der Waals surface area contributed by atoms with E-state index in [2.05, 4.69) is 20.9 Å². The van der Waals surface area contributed by atoms with Crippen molar-refractivity contribution in [2.45, 2.75) is 38.8 Å². The van der Waals surface area contributed by atoms with E-state index in [0.29, 0.717) is 37.2 Å². The lowest BCUT2D eigenvalue weighted by atomic mass is 9.99. The van der Waals surface area contributed by atoms with Crippen molar-refractivity contribution in [3.8, 4) is 0 Å². The van der Waals surface area contributed by atoms with Gasteiger partial charge in [0, 0.05) is 37.2 Å². The van der Waals surface area contributed by atoms with Crippen LogP contribution in [0.2, 0.25) is 0 Å². The standard InChI is InChI=1S/C23H29N5O3/c1-16(2)20(27-23(31)26-18-8-4-3-5-9-18)22(30)28-13-10-19(11-14-28)25-21(29)17-7-6-12-24-15-17/h3-9,12,15-16,19-20H,10-11,13-14H2,1-2H3,(H,25,29)(H2,26,27,31). The Morgan fingerprint density at radius 2 is 1.74 bits per heavy atom. The molecular formula is C23H29N5O3. The molecule has 0 spiro atoms. The van der Waals surface area contributed by atoms with Gasteiger partial charge in [0.2, 0.25) is 5.91 Å². The van der Waals surface area contributed by atoms with Crippen LogP contribution in [0.15, 0.2) is 54.9 Å². The van der Waals surface area contributed by atoms with Gasteiger partial charge >= 0.3 is 6.03 Å². The number of pyridine rings is 1. The second kappa shape index (κ2) is 10.6. The second-order valence-electron chi connectivity index (χ2n) is 8.00. The molecule has 1 atom stereocenters. The third-order valence-electron chi connectivity index (χ3n) is 5.32. The van der Waals surface area contributed by atoms with Crippen LogP contribution in [-0.4, -0.2) is 52.9 Å². The number of aromatic nitrogens is 1. The number of nitrogens with one attached hydrogen (secondary N) is 3. The largest absolute Gasteiger partial charge is 0.349 e. The molecule has 1 aliphatic rings. The van der Waals surface area contributed by atoms with Crippen molar-refractivity contribution in [2.75, 3.05) is 18.4 Å². The molecule has 164 valence electrons. The highest BCUT2D eigenvalue weighted by atomic mass is 16.2. The summed E-state index contributed by atoms with van der Waals surface area (Å²) in [6.07, 6.45) is 4.49. The lowest BCUT2D eigenvalue weighted by Gasteiger charge is -2.35. The van der Waals surface area contributed by atoms with E-state index in [9.17, 15) is 14.4 Å². The Bertz CT molecular complexity index is 881. The molecule has 0 aliphatic carbocycles.